The summed E-state index contributed by atoms with van der Waals surface area (Å²) in [7, 11) is 0. The lowest BCUT2D eigenvalue weighted by molar-refractivity contribution is -0.141. The number of benzene rings is 2. The van der Waals surface area contributed by atoms with Crippen molar-refractivity contribution in [3.05, 3.63) is 80.5 Å². The zero-order valence-corrected chi connectivity index (χ0v) is 20.4. The summed E-state index contributed by atoms with van der Waals surface area (Å²) in [6, 6.07) is 8.32. The molecule has 1 amide bonds. The molecule has 1 atom stereocenters. The van der Waals surface area contributed by atoms with E-state index < -0.39 is 23.5 Å². The predicted molar refractivity (Wildman–Crippen MR) is 136 cm³/mol. The fourth-order valence-electron chi connectivity index (χ4n) is 4.82. The number of aryl methyl sites for hydroxylation is 4. The number of aliphatic carboxylic acids is 1. The first-order valence-electron chi connectivity index (χ1n) is 11.7. The van der Waals surface area contributed by atoms with Gasteiger partial charge in [-0.2, -0.15) is 0 Å². The van der Waals surface area contributed by atoms with Crippen molar-refractivity contribution in [3.63, 3.8) is 0 Å². The molecule has 1 unspecified atom stereocenters. The molecule has 3 heterocycles. The molecule has 0 spiro atoms. The van der Waals surface area contributed by atoms with Gasteiger partial charge in [-0.15, -0.1) is 0 Å². The van der Waals surface area contributed by atoms with E-state index in [4.69, 9.17) is 8.83 Å². The van der Waals surface area contributed by atoms with Gasteiger partial charge in [0.25, 0.3) is 0 Å². The maximum atomic E-state index is 12.9. The van der Waals surface area contributed by atoms with Crippen LogP contribution in [0.25, 0.3) is 32.8 Å². The van der Waals surface area contributed by atoms with Crippen LogP contribution in [0.15, 0.2) is 50.2 Å². The predicted octanol–water partition coefficient (Wildman–Crippen LogP) is 4.61. The molecule has 184 valence electrons. The average Bonchev–Trinajstić information content (AvgIpc) is 3.38. The number of hydrogen-bond donors (Lipinski definition) is 3. The van der Waals surface area contributed by atoms with Gasteiger partial charge >= 0.3 is 11.6 Å². The minimum absolute atomic E-state index is 0.104. The van der Waals surface area contributed by atoms with Crippen molar-refractivity contribution in [3.8, 4) is 0 Å². The Kier molecular flexibility index (Phi) is 5.67. The highest BCUT2D eigenvalue weighted by molar-refractivity contribution is 6.00. The summed E-state index contributed by atoms with van der Waals surface area (Å²) in [5.41, 5.74) is 4.70. The Labute approximate surface area is 205 Å². The Balaban J connectivity index is 1.45. The number of H-pyrrole nitrogens is 1. The third-order valence-corrected chi connectivity index (χ3v) is 7.01. The van der Waals surface area contributed by atoms with Crippen molar-refractivity contribution in [2.24, 2.45) is 0 Å². The van der Waals surface area contributed by atoms with E-state index in [1.807, 2.05) is 51.1 Å². The lowest BCUT2D eigenvalue weighted by Gasteiger charge is -2.15. The van der Waals surface area contributed by atoms with E-state index in [1.165, 1.54) is 0 Å². The third kappa shape index (κ3) is 3.84. The normalized spacial score (nSPS) is 12.4. The van der Waals surface area contributed by atoms with Gasteiger partial charge in [-0.1, -0.05) is 18.2 Å². The maximum absolute atomic E-state index is 12.9. The molecule has 0 fully saturated rings. The van der Waals surface area contributed by atoms with Crippen LogP contribution in [0.4, 0.5) is 0 Å². The number of fused-ring (bicyclic) bond motifs is 3. The van der Waals surface area contributed by atoms with Crippen molar-refractivity contribution < 1.29 is 23.5 Å². The second-order valence-corrected chi connectivity index (χ2v) is 9.23. The molecular formula is C28H26N2O6. The van der Waals surface area contributed by atoms with Crippen LogP contribution in [0.3, 0.4) is 0 Å². The van der Waals surface area contributed by atoms with E-state index in [2.05, 4.69) is 10.3 Å². The van der Waals surface area contributed by atoms with Crippen LogP contribution in [-0.2, 0) is 22.4 Å². The highest BCUT2D eigenvalue weighted by atomic mass is 16.4. The number of rotatable bonds is 6. The van der Waals surface area contributed by atoms with Gasteiger partial charge in [-0.3, -0.25) is 4.79 Å². The monoisotopic (exact) mass is 486 g/mol. The van der Waals surface area contributed by atoms with Crippen molar-refractivity contribution in [1.82, 2.24) is 10.3 Å². The van der Waals surface area contributed by atoms with E-state index in [0.717, 1.165) is 44.1 Å². The second kappa shape index (κ2) is 8.71. The Bertz CT molecular complexity index is 1740. The van der Waals surface area contributed by atoms with Gasteiger partial charge < -0.3 is 24.2 Å². The summed E-state index contributed by atoms with van der Waals surface area (Å²) >= 11 is 0. The Morgan fingerprint density at radius 3 is 2.42 bits per heavy atom. The fraction of sp³-hybridized carbons (Fsp3) is 0.250. The van der Waals surface area contributed by atoms with Gasteiger partial charge in [-0.05, 0) is 56.5 Å². The average molecular weight is 487 g/mol. The number of aromatic amines is 1. The number of carbonyl (C=O) groups is 2. The van der Waals surface area contributed by atoms with Crippen LogP contribution >= 0.6 is 0 Å². The van der Waals surface area contributed by atoms with Crippen molar-refractivity contribution >= 4 is 44.7 Å². The number of nitrogens with one attached hydrogen (secondary N) is 2. The van der Waals surface area contributed by atoms with E-state index in [1.54, 1.807) is 13.1 Å². The highest BCUT2D eigenvalue weighted by Crippen LogP contribution is 2.34. The van der Waals surface area contributed by atoms with Gasteiger partial charge in [0, 0.05) is 39.9 Å². The number of para-hydroxylation sites is 1. The molecule has 0 aliphatic heterocycles. The summed E-state index contributed by atoms with van der Waals surface area (Å²) in [6.07, 6.45) is 1.56. The van der Waals surface area contributed by atoms with Gasteiger partial charge in [0.2, 0.25) is 5.91 Å². The quantitative estimate of drug-likeness (QED) is 0.301. The van der Waals surface area contributed by atoms with Crippen LogP contribution in [0.5, 0.6) is 0 Å². The van der Waals surface area contributed by atoms with E-state index in [0.29, 0.717) is 16.7 Å². The molecule has 5 rings (SSSR count). The SMILES string of the molecule is Cc1oc2c(C)c3oc(=O)c(CC(=O)NC(Cc4c[nH]c5ccccc45)C(=O)O)c(C)c3cc2c1C. The van der Waals surface area contributed by atoms with Gasteiger partial charge in [0.1, 0.15) is 23.0 Å². The molecule has 0 saturated heterocycles. The number of aromatic nitrogens is 1. The Morgan fingerprint density at radius 2 is 1.67 bits per heavy atom. The molecular weight excluding hydrogens is 460 g/mol. The van der Waals surface area contributed by atoms with E-state index in [9.17, 15) is 19.5 Å². The number of hydrogen-bond acceptors (Lipinski definition) is 5. The molecule has 36 heavy (non-hydrogen) atoms. The molecule has 3 N–H and O–H groups in total. The fourth-order valence-corrected chi connectivity index (χ4v) is 4.82. The van der Waals surface area contributed by atoms with Crippen LogP contribution in [-0.4, -0.2) is 28.0 Å². The first-order valence-corrected chi connectivity index (χ1v) is 11.7. The van der Waals surface area contributed by atoms with Gasteiger partial charge in [0.15, 0.2) is 0 Å². The number of carboxylic acids is 1. The molecule has 0 aliphatic rings. The topological polar surface area (TPSA) is 126 Å². The largest absolute Gasteiger partial charge is 0.480 e. The number of carboxylic acid groups (broad SMARTS) is 1. The molecule has 8 nitrogen and oxygen atoms in total. The van der Waals surface area contributed by atoms with E-state index >= 15 is 0 Å². The molecule has 3 aromatic heterocycles. The lowest BCUT2D eigenvalue weighted by Crippen LogP contribution is -2.43. The van der Waals surface area contributed by atoms with Crippen molar-refractivity contribution in [1.29, 1.82) is 0 Å². The van der Waals surface area contributed by atoms with Gasteiger partial charge in [-0.25, -0.2) is 9.59 Å². The highest BCUT2D eigenvalue weighted by Gasteiger charge is 2.24. The standard InChI is InChI=1S/C28H26N2O6/c1-13-16(4)35-25-15(3)26-20(10-19(13)25)14(2)21(28(34)36-26)11-24(31)30-23(27(32)33)9-17-12-29-22-8-6-5-7-18(17)22/h5-8,10,12,23,29H,9,11H2,1-4H3,(H,30,31)(H,32,33). The molecule has 2 aromatic carbocycles. The molecule has 0 aliphatic carbocycles. The summed E-state index contributed by atoms with van der Waals surface area (Å²) in [6.45, 7) is 7.46. The van der Waals surface area contributed by atoms with Crippen LogP contribution in [0.1, 0.15) is 33.6 Å². The molecule has 0 saturated carbocycles. The molecule has 5 aromatic rings. The smallest absolute Gasteiger partial charge is 0.340 e. The number of amides is 1. The lowest BCUT2D eigenvalue weighted by atomic mass is 9.98. The number of furan rings is 1. The zero-order chi connectivity index (χ0) is 25.7. The summed E-state index contributed by atoms with van der Waals surface area (Å²) in [5, 5.41) is 14.9. The van der Waals surface area contributed by atoms with Crippen molar-refractivity contribution in [2.75, 3.05) is 0 Å². The molecule has 0 bridgehead atoms. The maximum Gasteiger partial charge on any atom is 0.340 e. The van der Waals surface area contributed by atoms with E-state index in [-0.39, 0.29) is 18.4 Å². The molecule has 8 heteroatoms. The Hall–Kier alpha value is -4.33. The molecule has 0 radical (unpaired) electrons. The van der Waals surface area contributed by atoms with Crippen LogP contribution in [0.2, 0.25) is 0 Å². The summed E-state index contributed by atoms with van der Waals surface area (Å²) in [4.78, 5) is 40.8. The second-order valence-electron chi connectivity index (χ2n) is 9.23. The van der Waals surface area contributed by atoms with Crippen molar-refractivity contribution in [2.45, 2.75) is 46.6 Å². The zero-order valence-electron chi connectivity index (χ0n) is 20.4. The first kappa shape index (κ1) is 23.4. The van der Waals surface area contributed by atoms with Crippen LogP contribution in [0, 0.1) is 27.7 Å². The Morgan fingerprint density at radius 1 is 0.972 bits per heavy atom. The first-order chi connectivity index (χ1) is 17.2. The summed E-state index contributed by atoms with van der Waals surface area (Å²) in [5.74, 6) is -0.928. The summed E-state index contributed by atoms with van der Waals surface area (Å²) < 4.78 is 11.5. The number of carbonyl (C=O) groups excluding carboxylic acids is 1. The minimum Gasteiger partial charge on any atom is -0.480 e. The van der Waals surface area contributed by atoms with Gasteiger partial charge in [0.05, 0.1) is 12.0 Å². The van der Waals surface area contributed by atoms with Crippen LogP contribution < -0.4 is 10.9 Å². The third-order valence-electron chi connectivity index (χ3n) is 7.01. The minimum atomic E-state index is -1.15.